The summed E-state index contributed by atoms with van der Waals surface area (Å²) in [6, 6.07) is 11.2. The van der Waals surface area contributed by atoms with Crippen molar-refractivity contribution in [1.82, 2.24) is 15.0 Å². The van der Waals surface area contributed by atoms with Crippen molar-refractivity contribution < 1.29 is 4.74 Å². The molecule has 1 atom stereocenters. The molecule has 2 N–H and O–H groups in total. The summed E-state index contributed by atoms with van der Waals surface area (Å²) >= 11 is 6.30. The molecule has 6 nitrogen and oxygen atoms in total. The van der Waals surface area contributed by atoms with E-state index in [2.05, 4.69) is 20.3 Å². The molecule has 3 aromatic rings. The lowest BCUT2D eigenvalue weighted by Gasteiger charge is -2.19. The van der Waals surface area contributed by atoms with Crippen molar-refractivity contribution in [3.8, 4) is 17.1 Å². The van der Waals surface area contributed by atoms with E-state index in [1.54, 1.807) is 6.20 Å². The van der Waals surface area contributed by atoms with E-state index in [-0.39, 0.29) is 11.6 Å². The molecule has 0 spiro atoms. The number of anilines is 1. The number of aryl methyl sites for hydroxylation is 1. The van der Waals surface area contributed by atoms with Gasteiger partial charge in [0.15, 0.2) is 0 Å². The van der Waals surface area contributed by atoms with Crippen LogP contribution in [0.5, 0.6) is 5.75 Å². The van der Waals surface area contributed by atoms with Gasteiger partial charge < -0.3 is 15.0 Å². The number of rotatable bonds is 4. The molecule has 0 aliphatic carbocycles. The van der Waals surface area contributed by atoms with Crippen molar-refractivity contribution in [3.63, 3.8) is 0 Å². The maximum atomic E-state index is 11.8. The summed E-state index contributed by atoms with van der Waals surface area (Å²) in [7, 11) is 0. The number of halogens is 1. The summed E-state index contributed by atoms with van der Waals surface area (Å²) in [6.45, 7) is 2.62. The fourth-order valence-electron chi connectivity index (χ4n) is 3.34. The standard InChI is InChI=1S/C21H21ClN4O2/c1-2-14-11-19(27)26-21(24-14)13-8-9-18(23-12-13)25-17-7-4-10-28-20-15(17)5-3-6-16(20)22/h3,5-6,8-9,11-12,17H,2,4,7,10H2,1H3,(H,23,25)(H,24,26,27). The molecule has 28 heavy (non-hydrogen) atoms. The molecule has 1 aliphatic rings. The van der Waals surface area contributed by atoms with E-state index in [9.17, 15) is 4.79 Å². The normalized spacial score (nSPS) is 16.0. The second kappa shape index (κ2) is 8.02. The minimum Gasteiger partial charge on any atom is -0.492 e. The Labute approximate surface area is 168 Å². The van der Waals surface area contributed by atoms with E-state index in [0.717, 1.165) is 41.2 Å². The number of hydrogen-bond acceptors (Lipinski definition) is 5. The third-order valence-electron chi connectivity index (χ3n) is 4.77. The van der Waals surface area contributed by atoms with E-state index < -0.39 is 0 Å². The molecule has 0 amide bonds. The molecule has 4 rings (SSSR count). The van der Waals surface area contributed by atoms with E-state index >= 15 is 0 Å². The lowest BCUT2D eigenvalue weighted by atomic mass is 10.0. The predicted octanol–water partition coefficient (Wildman–Crippen LogP) is 4.37. The number of nitrogens with one attached hydrogen (secondary N) is 2. The first-order chi connectivity index (χ1) is 13.6. The molecular weight excluding hydrogens is 376 g/mol. The van der Waals surface area contributed by atoms with Crippen molar-refractivity contribution in [2.24, 2.45) is 0 Å². The van der Waals surface area contributed by atoms with Crippen molar-refractivity contribution in [2.75, 3.05) is 11.9 Å². The number of pyridine rings is 1. The van der Waals surface area contributed by atoms with Gasteiger partial charge in [0.2, 0.25) is 0 Å². The van der Waals surface area contributed by atoms with Crippen molar-refractivity contribution >= 4 is 17.4 Å². The van der Waals surface area contributed by atoms with Gasteiger partial charge in [0.1, 0.15) is 17.4 Å². The second-order valence-electron chi connectivity index (χ2n) is 6.72. The van der Waals surface area contributed by atoms with Crippen LogP contribution >= 0.6 is 11.6 Å². The molecule has 1 aliphatic heterocycles. The SMILES string of the molecule is CCc1cc(=O)[nH]c(-c2ccc(NC3CCCOc4c(Cl)cccc43)nc2)n1. The molecule has 7 heteroatoms. The zero-order valence-corrected chi connectivity index (χ0v) is 16.3. The lowest BCUT2D eigenvalue weighted by molar-refractivity contribution is 0.316. The molecule has 2 aromatic heterocycles. The van der Waals surface area contributed by atoms with Crippen LogP contribution in [0.15, 0.2) is 47.4 Å². The minimum absolute atomic E-state index is 0.0656. The van der Waals surface area contributed by atoms with Gasteiger partial charge in [-0.2, -0.15) is 0 Å². The van der Waals surface area contributed by atoms with Crippen molar-refractivity contribution in [3.05, 3.63) is 69.2 Å². The van der Waals surface area contributed by atoms with Gasteiger partial charge in [-0.1, -0.05) is 30.7 Å². The molecule has 0 fully saturated rings. The number of aromatic nitrogens is 3. The summed E-state index contributed by atoms with van der Waals surface area (Å²) in [5.41, 5.74) is 2.41. The Kier molecular flexibility index (Phi) is 5.30. The Morgan fingerprint density at radius 3 is 3.00 bits per heavy atom. The first-order valence-corrected chi connectivity index (χ1v) is 9.76. The Morgan fingerprint density at radius 1 is 1.32 bits per heavy atom. The van der Waals surface area contributed by atoms with Crippen LogP contribution in [0.3, 0.4) is 0 Å². The van der Waals surface area contributed by atoms with E-state index in [1.807, 2.05) is 37.3 Å². The van der Waals surface area contributed by atoms with Gasteiger partial charge in [-0.25, -0.2) is 9.97 Å². The average Bonchev–Trinajstić information content (AvgIpc) is 2.91. The monoisotopic (exact) mass is 396 g/mol. The highest BCUT2D eigenvalue weighted by atomic mass is 35.5. The molecule has 0 saturated carbocycles. The zero-order chi connectivity index (χ0) is 19.5. The van der Waals surface area contributed by atoms with Crippen LogP contribution in [-0.4, -0.2) is 21.6 Å². The fourth-order valence-corrected chi connectivity index (χ4v) is 3.58. The van der Waals surface area contributed by atoms with Gasteiger partial charge in [-0.3, -0.25) is 4.79 Å². The van der Waals surface area contributed by atoms with E-state index in [4.69, 9.17) is 16.3 Å². The number of para-hydroxylation sites is 1. The Balaban J connectivity index is 1.58. The summed E-state index contributed by atoms with van der Waals surface area (Å²) in [5.74, 6) is 2.02. The number of nitrogens with zero attached hydrogens (tertiary/aromatic N) is 2. The smallest absolute Gasteiger partial charge is 0.251 e. The highest BCUT2D eigenvalue weighted by Crippen LogP contribution is 2.38. The van der Waals surface area contributed by atoms with Gasteiger partial charge in [-0.15, -0.1) is 0 Å². The fraction of sp³-hybridized carbons (Fsp3) is 0.286. The molecule has 0 saturated heterocycles. The maximum Gasteiger partial charge on any atom is 0.251 e. The lowest BCUT2D eigenvalue weighted by Crippen LogP contribution is -2.12. The molecule has 1 unspecified atom stereocenters. The first-order valence-electron chi connectivity index (χ1n) is 9.38. The van der Waals surface area contributed by atoms with Gasteiger partial charge in [0.25, 0.3) is 5.56 Å². The van der Waals surface area contributed by atoms with Crippen molar-refractivity contribution in [2.45, 2.75) is 32.2 Å². The Morgan fingerprint density at radius 2 is 2.21 bits per heavy atom. The molecule has 1 aromatic carbocycles. The average molecular weight is 397 g/mol. The second-order valence-corrected chi connectivity index (χ2v) is 7.12. The number of fused-ring (bicyclic) bond motifs is 1. The van der Waals surface area contributed by atoms with E-state index in [1.165, 1.54) is 6.07 Å². The molecule has 0 radical (unpaired) electrons. The Bertz CT molecular complexity index is 1030. The van der Waals surface area contributed by atoms with Gasteiger partial charge in [0.05, 0.1) is 17.7 Å². The van der Waals surface area contributed by atoms with Crippen LogP contribution in [0.2, 0.25) is 5.02 Å². The first kappa shape index (κ1) is 18.5. The zero-order valence-electron chi connectivity index (χ0n) is 15.5. The molecule has 3 heterocycles. The number of hydrogen-bond donors (Lipinski definition) is 2. The van der Waals surface area contributed by atoms with Crippen LogP contribution in [0.1, 0.15) is 37.1 Å². The summed E-state index contributed by atoms with van der Waals surface area (Å²) in [4.78, 5) is 23.6. The van der Waals surface area contributed by atoms with Gasteiger partial charge in [0, 0.05) is 29.1 Å². The van der Waals surface area contributed by atoms with E-state index in [0.29, 0.717) is 23.9 Å². The molecular formula is C21H21ClN4O2. The summed E-state index contributed by atoms with van der Waals surface area (Å²) in [5, 5.41) is 4.10. The minimum atomic E-state index is -0.156. The number of benzene rings is 1. The molecule has 144 valence electrons. The Hall–Kier alpha value is -2.86. The van der Waals surface area contributed by atoms with Gasteiger partial charge >= 0.3 is 0 Å². The predicted molar refractivity (Wildman–Crippen MR) is 110 cm³/mol. The molecule has 0 bridgehead atoms. The topological polar surface area (TPSA) is 79.9 Å². The highest BCUT2D eigenvalue weighted by Gasteiger charge is 2.22. The third-order valence-corrected chi connectivity index (χ3v) is 5.07. The van der Waals surface area contributed by atoms with Crippen LogP contribution in [0.25, 0.3) is 11.4 Å². The third kappa shape index (κ3) is 3.87. The quantitative estimate of drug-likeness (QED) is 0.684. The highest BCUT2D eigenvalue weighted by molar-refractivity contribution is 6.32. The van der Waals surface area contributed by atoms with Crippen molar-refractivity contribution in [1.29, 1.82) is 0 Å². The van der Waals surface area contributed by atoms with Gasteiger partial charge in [-0.05, 0) is 37.5 Å². The van der Waals surface area contributed by atoms with Crippen LogP contribution < -0.4 is 15.6 Å². The summed E-state index contributed by atoms with van der Waals surface area (Å²) in [6.07, 6.45) is 4.27. The number of H-pyrrole nitrogens is 1. The number of aromatic amines is 1. The van der Waals surface area contributed by atoms with Crippen LogP contribution in [-0.2, 0) is 6.42 Å². The van der Waals surface area contributed by atoms with Crippen LogP contribution in [0, 0.1) is 0 Å². The van der Waals surface area contributed by atoms with Crippen LogP contribution in [0.4, 0.5) is 5.82 Å². The largest absolute Gasteiger partial charge is 0.492 e. The number of ether oxygens (including phenoxy) is 1. The maximum absolute atomic E-state index is 11.8. The summed E-state index contributed by atoms with van der Waals surface area (Å²) < 4.78 is 5.82.